The number of hydrogen-bond donors (Lipinski definition) is 1. The lowest BCUT2D eigenvalue weighted by Crippen LogP contribution is -2.14. The number of carbonyl (C=O) groups excluding carboxylic acids is 1. The van der Waals surface area contributed by atoms with Gasteiger partial charge in [-0.05, 0) is 43.0 Å². The number of carbonyl (C=O) groups is 1. The molecule has 0 radical (unpaired) electrons. The van der Waals surface area contributed by atoms with E-state index in [2.05, 4.69) is 55.2 Å². The molecule has 0 spiro atoms. The van der Waals surface area contributed by atoms with Crippen LogP contribution in [0.2, 0.25) is 0 Å². The van der Waals surface area contributed by atoms with Crippen LogP contribution in [0.5, 0.6) is 0 Å². The van der Waals surface area contributed by atoms with E-state index in [1.54, 1.807) is 11.3 Å². The minimum Gasteiger partial charge on any atom is -0.325 e. The molecule has 0 saturated carbocycles. The highest BCUT2D eigenvalue weighted by Gasteiger charge is 2.18. The average molecular weight is 427 g/mol. The molecule has 2 aromatic heterocycles. The number of anilines is 1. The van der Waals surface area contributed by atoms with E-state index in [1.807, 2.05) is 34.9 Å². The molecule has 29 heavy (non-hydrogen) atoms. The van der Waals surface area contributed by atoms with Gasteiger partial charge in [-0.1, -0.05) is 43.8 Å². The first kappa shape index (κ1) is 21.3. The lowest BCUT2D eigenvalue weighted by molar-refractivity contribution is -0.113. The fraction of sp³-hybridized carbons (Fsp3) is 0.318. The summed E-state index contributed by atoms with van der Waals surface area (Å²) in [6.45, 7) is 12.9. The van der Waals surface area contributed by atoms with E-state index in [4.69, 9.17) is 0 Å². The van der Waals surface area contributed by atoms with E-state index in [1.165, 1.54) is 27.8 Å². The van der Waals surface area contributed by atoms with Gasteiger partial charge in [0.1, 0.15) is 0 Å². The van der Waals surface area contributed by atoms with Gasteiger partial charge in [-0.3, -0.25) is 9.36 Å². The highest BCUT2D eigenvalue weighted by Crippen LogP contribution is 2.31. The van der Waals surface area contributed by atoms with E-state index in [-0.39, 0.29) is 11.7 Å². The third-order valence-corrected chi connectivity index (χ3v) is 6.73. The highest BCUT2D eigenvalue weighted by atomic mass is 32.2. The van der Waals surface area contributed by atoms with Gasteiger partial charge >= 0.3 is 0 Å². The van der Waals surface area contributed by atoms with Gasteiger partial charge in [-0.2, -0.15) is 0 Å². The van der Waals surface area contributed by atoms with Gasteiger partial charge in [0.25, 0.3) is 0 Å². The van der Waals surface area contributed by atoms with Crippen LogP contribution in [0.3, 0.4) is 0 Å². The zero-order valence-electron chi connectivity index (χ0n) is 17.2. The monoisotopic (exact) mass is 426 g/mol. The quantitative estimate of drug-likeness (QED) is 0.373. The van der Waals surface area contributed by atoms with Crippen LogP contribution in [-0.4, -0.2) is 26.4 Å². The van der Waals surface area contributed by atoms with Crippen LogP contribution >= 0.6 is 23.1 Å². The van der Waals surface area contributed by atoms with Crippen LogP contribution in [-0.2, 0) is 11.3 Å². The third-order valence-electron chi connectivity index (χ3n) is 4.75. The number of aryl methyl sites for hydroxylation is 1. The number of nitrogens with one attached hydrogen (secondary N) is 1. The molecule has 0 atom stereocenters. The maximum Gasteiger partial charge on any atom is 0.234 e. The maximum absolute atomic E-state index is 12.4. The SMILES string of the molecule is C=CCn1c(SCC(=O)Nc2ccc(C(C)C)cc2)nnc1-c1csc(C)c1C. The van der Waals surface area contributed by atoms with Crippen molar-refractivity contribution in [1.82, 2.24) is 14.8 Å². The Morgan fingerprint density at radius 3 is 2.59 bits per heavy atom. The molecule has 152 valence electrons. The van der Waals surface area contributed by atoms with E-state index >= 15 is 0 Å². The molecular formula is C22H26N4OS2. The lowest BCUT2D eigenvalue weighted by atomic mass is 10.0. The van der Waals surface area contributed by atoms with Gasteiger partial charge in [-0.25, -0.2) is 0 Å². The molecule has 1 N–H and O–H groups in total. The van der Waals surface area contributed by atoms with Crippen LogP contribution in [0.25, 0.3) is 11.4 Å². The van der Waals surface area contributed by atoms with Crippen molar-refractivity contribution in [2.75, 3.05) is 11.1 Å². The van der Waals surface area contributed by atoms with Crippen LogP contribution in [0.1, 0.15) is 35.8 Å². The molecule has 5 nitrogen and oxygen atoms in total. The maximum atomic E-state index is 12.4. The van der Waals surface area contributed by atoms with Crippen LogP contribution in [0, 0.1) is 13.8 Å². The smallest absolute Gasteiger partial charge is 0.234 e. The Bertz CT molecular complexity index is 1000. The van der Waals surface area contributed by atoms with Crippen molar-refractivity contribution in [3.63, 3.8) is 0 Å². The molecule has 3 aromatic rings. The van der Waals surface area contributed by atoms with Crippen LogP contribution in [0.15, 0.2) is 47.5 Å². The molecule has 0 bridgehead atoms. The molecule has 3 rings (SSSR count). The summed E-state index contributed by atoms with van der Waals surface area (Å²) in [6, 6.07) is 7.98. The second-order valence-corrected chi connectivity index (χ2v) is 9.18. The fourth-order valence-corrected chi connectivity index (χ4v) is 4.51. The summed E-state index contributed by atoms with van der Waals surface area (Å²) >= 11 is 3.09. The Morgan fingerprint density at radius 2 is 2.00 bits per heavy atom. The summed E-state index contributed by atoms with van der Waals surface area (Å²) in [5, 5.41) is 14.5. The first-order valence-electron chi connectivity index (χ1n) is 9.52. The summed E-state index contributed by atoms with van der Waals surface area (Å²) in [6.07, 6.45) is 1.82. The zero-order valence-corrected chi connectivity index (χ0v) is 18.9. The Kier molecular flexibility index (Phi) is 6.92. The second-order valence-electron chi connectivity index (χ2n) is 7.15. The van der Waals surface area contributed by atoms with Gasteiger partial charge in [-0.15, -0.1) is 28.1 Å². The van der Waals surface area contributed by atoms with Gasteiger partial charge in [0.15, 0.2) is 11.0 Å². The van der Waals surface area contributed by atoms with Gasteiger partial charge < -0.3 is 5.32 Å². The highest BCUT2D eigenvalue weighted by molar-refractivity contribution is 7.99. The van der Waals surface area contributed by atoms with Crippen LogP contribution < -0.4 is 5.32 Å². The van der Waals surface area contributed by atoms with Crippen LogP contribution in [0.4, 0.5) is 5.69 Å². The molecule has 0 fully saturated rings. The molecule has 0 aliphatic rings. The number of thioether (sulfide) groups is 1. The van der Waals surface area contributed by atoms with E-state index in [0.29, 0.717) is 17.6 Å². The topological polar surface area (TPSA) is 59.8 Å². The summed E-state index contributed by atoms with van der Waals surface area (Å²) < 4.78 is 2.01. The van der Waals surface area contributed by atoms with Crippen molar-refractivity contribution in [3.05, 3.63) is 58.3 Å². The molecule has 0 aliphatic carbocycles. The number of aromatic nitrogens is 3. The van der Waals surface area contributed by atoms with Crippen molar-refractivity contribution in [2.24, 2.45) is 0 Å². The van der Waals surface area contributed by atoms with Gasteiger partial charge in [0.2, 0.25) is 5.91 Å². The number of benzene rings is 1. The van der Waals surface area contributed by atoms with Crippen molar-refractivity contribution < 1.29 is 4.79 Å². The van der Waals surface area contributed by atoms with E-state index in [9.17, 15) is 4.79 Å². The Balaban J connectivity index is 1.69. The Labute approximate surface area is 180 Å². The Morgan fingerprint density at radius 1 is 1.28 bits per heavy atom. The normalized spacial score (nSPS) is 11.1. The number of thiophene rings is 1. The first-order chi connectivity index (χ1) is 13.9. The molecular weight excluding hydrogens is 400 g/mol. The van der Waals surface area contributed by atoms with Gasteiger partial charge in [0, 0.05) is 28.1 Å². The summed E-state index contributed by atoms with van der Waals surface area (Å²) in [7, 11) is 0. The largest absolute Gasteiger partial charge is 0.325 e. The van der Waals surface area contributed by atoms with Gasteiger partial charge in [0.05, 0.1) is 5.75 Å². The van der Waals surface area contributed by atoms with Crippen molar-refractivity contribution in [3.8, 4) is 11.4 Å². The minimum absolute atomic E-state index is 0.0652. The molecule has 0 saturated heterocycles. The summed E-state index contributed by atoms with van der Waals surface area (Å²) in [4.78, 5) is 13.7. The molecule has 0 unspecified atom stereocenters. The first-order valence-corrected chi connectivity index (χ1v) is 11.4. The number of rotatable bonds is 8. The predicted molar refractivity (Wildman–Crippen MR) is 123 cm³/mol. The molecule has 1 amide bonds. The molecule has 1 aromatic carbocycles. The van der Waals surface area contributed by atoms with E-state index < -0.39 is 0 Å². The van der Waals surface area contributed by atoms with E-state index in [0.717, 1.165) is 17.1 Å². The average Bonchev–Trinajstić information content (AvgIpc) is 3.24. The Hall–Kier alpha value is -2.38. The minimum atomic E-state index is -0.0652. The van der Waals surface area contributed by atoms with Crippen molar-refractivity contribution in [1.29, 1.82) is 0 Å². The second kappa shape index (κ2) is 9.41. The number of nitrogens with zero attached hydrogens (tertiary/aromatic N) is 3. The predicted octanol–water partition coefficient (Wildman–Crippen LogP) is 5.66. The van der Waals surface area contributed by atoms with Crippen molar-refractivity contribution >= 4 is 34.7 Å². The number of hydrogen-bond acceptors (Lipinski definition) is 5. The van der Waals surface area contributed by atoms with Crippen molar-refractivity contribution in [2.45, 2.75) is 45.3 Å². The zero-order chi connectivity index (χ0) is 21.0. The number of amides is 1. The molecule has 2 heterocycles. The number of allylic oxidation sites excluding steroid dienone is 1. The lowest BCUT2D eigenvalue weighted by Gasteiger charge is -2.09. The third kappa shape index (κ3) is 4.97. The fourth-order valence-electron chi connectivity index (χ4n) is 2.90. The summed E-state index contributed by atoms with van der Waals surface area (Å²) in [5.41, 5.74) is 4.36. The molecule has 7 heteroatoms. The summed E-state index contributed by atoms with van der Waals surface area (Å²) in [5.74, 6) is 1.49. The standard InChI is InChI=1S/C22H26N4OS2/c1-6-11-26-21(19-12-28-16(5)15(19)4)24-25-22(26)29-13-20(27)23-18-9-7-17(8-10-18)14(2)3/h6-10,12,14H,1,11,13H2,2-5H3,(H,23,27). The molecule has 0 aliphatic heterocycles.